The van der Waals surface area contributed by atoms with Crippen molar-refractivity contribution in [1.29, 1.82) is 0 Å². The number of aryl methyl sites for hydroxylation is 1. The fraction of sp³-hybridized carbons (Fsp3) is 0.115. The fourth-order valence-corrected chi connectivity index (χ4v) is 3.24. The van der Waals surface area contributed by atoms with Crippen LogP contribution in [0.4, 0.5) is 17.2 Å². The normalized spacial score (nSPS) is 10.4. The first-order chi connectivity index (χ1) is 16.1. The maximum Gasteiger partial charge on any atom is 0.255 e. The summed E-state index contributed by atoms with van der Waals surface area (Å²) in [6.07, 6.45) is 1.72. The van der Waals surface area contributed by atoms with E-state index in [4.69, 9.17) is 9.47 Å². The molecule has 166 valence electrons. The summed E-state index contributed by atoms with van der Waals surface area (Å²) in [7, 11) is 3.12. The number of rotatable bonds is 7. The number of anilines is 3. The van der Waals surface area contributed by atoms with E-state index in [1.54, 1.807) is 56.8 Å². The zero-order chi connectivity index (χ0) is 23.2. The number of carbonyl (C=O) groups excluding carboxylic acids is 1. The van der Waals surface area contributed by atoms with Gasteiger partial charge in [-0.15, -0.1) is 0 Å². The zero-order valence-electron chi connectivity index (χ0n) is 18.6. The van der Waals surface area contributed by atoms with Gasteiger partial charge in [-0.05, 0) is 49.4 Å². The molecule has 0 atom stereocenters. The summed E-state index contributed by atoms with van der Waals surface area (Å²) in [5, 5.41) is 6.12. The van der Waals surface area contributed by atoms with Crippen LogP contribution in [0.5, 0.6) is 11.5 Å². The molecule has 0 bridgehead atoms. The molecule has 0 radical (unpaired) electrons. The van der Waals surface area contributed by atoms with Gasteiger partial charge in [0, 0.05) is 34.8 Å². The van der Waals surface area contributed by atoms with Crippen molar-refractivity contribution < 1.29 is 14.3 Å². The minimum atomic E-state index is -0.225. The third kappa shape index (κ3) is 5.27. The van der Waals surface area contributed by atoms with Crippen LogP contribution >= 0.6 is 0 Å². The van der Waals surface area contributed by atoms with Gasteiger partial charge in [-0.1, -0.05) is 29.8 Å². The highest BCUT2D eigenvalue weighted by Crippen LogP contribution is 2.30. The molecule has 3 aromatic carbocycles. The predicted octanol–water partition coefficient (Wildman–Crippen LogP) is 5.47. The van der Waals surface area contributed by atoms with Crippen LogP contribution in [-0.2, 0) is 0 Å². The van der Waals surface area contributed by atoms with Crippen LogP contribution < -0.4 is 20.1 Å². The number of ether oxygens (including phenoxy) is 2. The topological polar surface area (TPSA) is 85.4 Å². The van der Waals surface area contributed by atoms with Crippen LogP contribution in [0.1, 0.15) is 15.9 Å². The quantitative estimate of drug-likeness (QED) is 0.397. The van der Waals surface area contributed by atoms with E-state index in [0.29, 0.717) is 34.4 Å². The average molecular weight is 441 g/mol. The summed E-state index contributed by atoms with van der Waals surface area (Å²) in [5.74, 6) is 2.23. The van der Waals surface area contributed by atoms with Crippen molar-refractivity contribution in [1.82, 2.24) is 9.97 Å². The number of hydrogen-bond donors (Lipinski definition) is 2. The molecule has 1 aromatic heterocycles. The van der Waals surface area contributed by atoms with Crippen LogP contribution in [-0.4, -0.2) is 30.1 Å². The smallest absolute Gasteiger partial charge is 0.255 e. The largest absolute Gasteiger partial charge is 0.493 e. The number of carbonyl (C=O) groups is 1. The lowest BCUT2D eigenvalue weighted by Crippen LogP contribution is -2.12. The number of nitrogens with zero attached hydrogens (tertiary/aromatic N) is 2. The monoisotopic (exact) mass is 440 g/mol. The minimum Gasteiger partial charge on any atom is -0.493 e. The number of nitrogens with one attached hydrogen (secondary N) is 2. The van der Waals surface area contributed by atoms with Gasteiger partial charge in [0.25, 0.3) is 5.91 Å². The van der Waals surface area contributed by atoms with Gasteiger partial charge < -0.3 is 20.1 Å². The predicted molar refractivity (Wildman–Crippen MR) is 129 cm³/mol. The number of hydrogen-bond acceptors (Lipinski definition) is 6. The molecule has 7 nitrogen and oxygen atoms in total. The molecule has 0 spiro atoms. The van der Waals surface area contributed by atoms with Gasteiger partial charge in [-0.25, -0.2) is 9.97 Å². The van der Waals surface area contributed by atoms with E-state index >= 15 is 0 Å². The summed E-state index contributed by atoms with van der Waals surface area (Å²) < 4.78 is 10.5. The molecule has 4 aromatic rings. The third-order valence-electron chi connectivity index (χ3n) is 5.03. The van der Waals surface area contributed by atoms with Gasteiger partial charge in [0.05, 0.1) is 14.2 Å². The molecule has 0 fully saturated rings. The van der Waals surface area contributed by atoms with Gasteiger partial charge >= 0.3 is 0 Å². The number of benzene rings is 3. The van der Waals surface area contributed by atoms with Crippen LogP contribution in [0.2, 0.25) is 0 Å². The molecule has 0 unspecified atom stereocenters. The molecule has 33 heavy (non-hydrogen) atoms. The van der Waals surface area contributed by atoms with Crippen molar-refractivity contribution in [3.63, 3.8) is 0 Å². The van der Waals surface area contributed by atoms with E-state index in [9.17, 15) is 4.79 Å². The van der Waals surface area contributed by atoms with E-state index in [1.807, 2.05) is 43.3 Å². The lowest BCUT2D eigenvalue weighted by molar-refractivity contribution is 0.102. The summed E-state index contributed by atoms with van der Waals surface area (Å²) in [5.41, 5.74) is 4.09. The summed E-state index contributed by atoms with van der Waals surface area (Å²) in [4.78, 5) is 21.6. The minimum absolute atomic E-state index is 0.225. The molecule has 0 aliphatic heterocycles. The maximum absolute atomic E-state index is 12.6. The Morgan fingerprint density at radius 3 is 2.21 bits per heavy atom. The zero-order valence-corrected chi connectivity index (χ0v) is 18.6. The van der Waals surface area contributed by atoms with E-state index in [1.165, 1.54) is 5.56 Å². The molecule has 1 amide bonds. The SMILES string of the molecule is COc1ccc(NC(=O)c2ccc(Nc3ccnc(-c4ccc(C)cc4)n3)cc2)cc1OC. The number of methoxy groups -OCH3 is 2. The van der Waals surface area contributed by atoms with E-state index < -0.39 is 0 Å². The lowest BCUT2D eigenvalue weighted by Gasteiger charge is -2.11. The van der Waals surface area contributed by atoms with Crippen molar-refractivity contribution >= 4 is 23.1 Å². The lowest BCUT2D eigenvalue weighted by atomic mass is 10.1. The second kappa shape index (κ2) is 9.82. The first kappa shape index (κ1) is 21.8. The molecule has 0 saturated carbocycles. The Hall–Kier alpha value is -4.39. The second-order valence-corrected chi connectivity index (χ2v) is 7.36. The molecular formula is C26H24N4O3. The van der Waals surface area contributed by atoms with E-state index in [2.05, 4.69) is 20.6 Å². The van der Waals surface area contributed by atoms with Crippen molar-refractivity contribution in [3.8, 4) is 22.9 Å². The molecule has 1 heterocycles. The van der Waals surface area contributed by atoms with Crippen molar-refractivity contribution in [2.75, 3.05) is 24.9 Å². The standard InChI is InChI=1S/C26H24N4O3/c1-17-4-6-18(7-5-17)25-27-15-14-24(30-25)28-20-10-8-19(9-11-20)26(31)29-21-12-13-22(32-2)23(16-21)33-3/h4-16H,1-3H3,(H,29,31)(H,27,28,30). The summed E-state index contributed by atoms with van der Waals surface area (Å²) >= 11 is 0. The number of amides is 1. The maximum atomic E-state index is 12.6. The third-order valence-corrected chi connectivity index (χ3v) is 5.03. The molecular weight excluding hydrogens is 416 g/mol. The van der Waals surface area contributed by atoms with Crippen molar-refractivity contribution in [2.45, 2.75) is 6.92 Å². The summed E-state index contributed by atoms with van der Waals surface area (Å²) in [6, 6.07) is 22.2. The Balaban J connectivity index is 1.44. The Bertz CT molecular complexity index is 1260. The van der Waals surface area contributed by atoms with Crippen LogP contribution in [0.3, 0.4) is 0 Å². The number of aromatic nitrogens is 2. The van der Waals surface area contributed by atoms with Crippen LogP contribution in [0.25, 0.3) is 11.4 Å². The Morgan fingerprint density at radius 2 is 1.52 bits per heavy atom. The van der Waals surface area contributed by atoms with Gasteiger partial charge in [0.2, 0.25) is 0 Å². The molecule has 7 heteroatoms. The van der Waals surface area contributed by atoms with Crippen LogP contribution in [0.15, 0.2) is 79.0 Å². The molecule has 0 aliphatic carbocycles. The molecule has 2 N–H and O–H groups in total. The van der Waals surface area contributed by atoms with Crippen molar-refractivity contribution in [2.24, 2.45) is 0 Å². The summed E-state index contributed by atoms with van der Waals surface area (Å²) in [6.45, 7) is 2.04. The van der Waals surface area contributed by atoms with Crippen molar-refractivity contribution in [3.05, 3.63) is 90.1 Å². The van der Waals surface area contributed by atoms with Crippen LogP contribution in [0, 0.1) is 6.92 Å². The van der Waals surface area contributed by atoms with Gasteiger partial charge in [-0.2, -0.15) is 0 Å². The van der Waals surface area contributed by atoms with E-state index in [-0.39, 0.29) is 5.91 Å². The molecule has 0 aliphatic rings. The highest BCUT2D eigenvalue weighted by Gasteiger charge is 2.10. The second-order valence-electron chi connectivity index (χ2n) is 7.36. The Kier molecular flexibility index (Phi) is 6.50. The first-order valence-electron chi connectivity index (χ1n) is 10.4. The molecule has 0 saturated heterocycles. The van der Waals surface area contributed by atoms with Gasteiger partial charge in [0.15, 0.2) is 17.3 Å². The van der Waals surface area contributed by atoms with E-state index in [0.717, 1.165) is 11.3 Å². The first-order valence-corrected chi connectivity index (χ1v) is 10.4. The highest BCUT2D eigenvalue weighted by atomic mass is 16.5. The Labute approximate surface area is 192 Å². The fourth-order valence-electron chi connectivity index (χ4n) is 3.24. The van der Waals surface area contributed by atoms with Gasteiger partial charge in [-0.3, -0.25) is 4.79 Å². The highest BCUT2D eigenvalue weighted by molar-refractivity contribution is 6.04. The Morgan fingerprint density at radius 1 is 0.818 bits per heavy atom. The molecule has 4 rings (SSSR count). The van der Waals surface area contributed by atoms with Gasteiger partial charge in [0.1, 0.15) is 5.82 Å². The average Bonchev–Trinajstić information content (AvgIpc) is 2.85.